The van der Waals surface area contributed by atoms with Crippen molar-refractivity contribution in [2.45, 2.75) is 59.2 Å². The molecule has 0 radical (unpaired) electrons. The number of aromatic nitrogens is 2. The Balaban J connectivity index is 2.19. The van der Waals surface area contributed by atoms with Crippen molar-refractivity contribution in [2.75, 3.05) is 20.1 Å². The summed E-state index contributed by atoms with van der Waals surface area (Å²) in [5.74, 6) is 0. The minimum absolute atomic E-state index is 0.270. The zero-order valence-electron chi connectivity index (χ0n) is 14.6. The predicted octanol–water partition coefficient (Wildman–Crippen LogP) is 2.64. The fraction of sp³-hybridized carbons (Fsp3) is 0.750. The molecular weight excluding hydrogens is 280 g/mol. The molecule has 6 heteroatoms. The Labute approximate surface area is 133 Å². The summed E-state index contributed by atoms with van der Waals surface area (Å²) in [5, 5.41) is 3.39. The molecule has 0 aliphatic carbocycles. The lowest BCUT2D eigenvalue weighted by Gasteiger charge is -2.24. The number of hydrogen-bond donors (Lipinski definition) is 1. The van der Waals surface area contributed by atoms with Crippen LogP contribution in [0, 0.1) is 0 Å². The molecule has 0 saturated carbocycles. The molecule has 0 spiro atoms. The molecule has 0 aliphatic heterocycles. The van der Waals surface area contributed by atoms with E-state index < -0.39 is 5.60 Å². The largest absolute Gasteiger partial charge is 0.444 e. The summed E-state index contributed by atoms with van der Waals surface area (Å²) < 4.78 is 7.48. The number of carbonyl (C=O) groups excluding carboxylic acids is 1. The average Bonchev–Trinajstić information content (AvgIpc) is 2.84. The van der Waals surface area contributed by atoms with E-state index in [0.717, 1.165) is 32.5 Å². The van der Waals surface area contributed by atoms with Crippen LogP contribution in [0.25, 0.3) is 0 Å². The molecule has 0 bridgehead atoms. The van der Waals surface area contributed by atoms with Gasteiger partial charge in [0.15, 0.2) is 0 Å². The molecule has 0 atom stereocenters. The van der Waals surface area contributed by atoms with Gasteiger partial charge < -0.3 is 19.5 Å². The molecule has 1 N–H and O–H groups in total. The van der Waals surface area contributed by atoms with Gasteiger partial charge in [-0.1, -0.05) is 6.92 Å². The van der Waals surface area contributed by atoms with Crippen molar-refractivity contribution < 1.29 is 9.53 Å². The average molecular weight is 310 g/mol. The Morgan fingerprint density at radius 2 is 2.18 bits per heavy atom. The molecule has 1 heterocycles. The Morgan fingerprint density at radius 1 is 1.45 bits per heavy atom. The number of imidazole rings is 1. The SMILES string of the molecule is CCCn1cncc1CNCCCN(C)C(=O)OC(C)(C)C. The van der Waals surface area contributed by atoms with Crippen LogP contribution in [0.15, 0.2) is 12.5 Å². The van der Waals surface area contributed by atoms with Gasteiger partial charge in [-0.05, 0) is 40.2 Å². The third-order valence-corrected chi connectivity index (χ3v) is 3.12. The standard InChI is InChI=1S/C16H30N4O2/c1-6-9-20-13-18-12-14(20)11-17-8-7-10-19(5)15(21)22-16(2,3)4/h12-13,17H,6-11H2,1-5H3. The molecule has 6 nitrogen and oxygen atoms in total. The van der Waals surface area contributed by atoms with E-state index in [1.165, 1.54) is 5.69 Å². The van der Waals surface area contributed by atoms with Crippen LogP contribution in [-0.4, -0.2) is 46.3 Å². The van der Waals surface area contributed by atoms with Crippen molar-refractivity contribution >= 4 is 6.09 Å². The van der Waals surface area contributed by atoms with Gasteiger partial charge in [0, 0.05) is 32.9 Å². The smallest absolute Gasteiger partial charge is 0.410 e. The fourth-order valence-corrected chi connectivity index (χ4v) is 2.03. The number of nitrogens with zero attached hydrogens (tertiary/aromatic N) is 3. The summed E-state index contributed by atoms with van der Waals surface area (Å²) in [6, 6.07) is 0. The first-order valence-electron chi connectivity index (χ1n) is 7.97. The van der Waals surface area contributed by atoms with Crippen LogP contribution in [0.2, 0.25) is 0 Å². The van der Waals surface area contributed by atoms with E-state index in [4.69, 9.17) is 4.74 Å². The van der Waals surface area contributed by atoms with Gasteiger partial charge in [0.25, 0.3) is 0 Å². The third-order valence-electron chi connectivity index (χ3n) is 3.12. The zero-order valence-corrected chi connectivity index (χ0v) is 14.6. The monoisotopic (exact) mass is 310 g/mol. The molecular formula is C16H30N4O2. The van der Waals surface area contributed by atoms with Crippen LogP contribution >= 0.6 is 0 Å². The van der Waals surface area contributed by atoms with Gasteiger partial charge in [-0.25, -0.2) is 9.78 Å². The molecule has 0 fully saturated rings. The number of nitrogens with one attached hydrogen (secondary N) is 1. The van der Waals surface area contributed by atoms with E-state index in [0.29, 0.717) is 6.54 Å². The van der Waals surface area contributed by atoms with E-state index in [2.05, 4.69) is 21.8 Å². The van der Waals surface area contributed by atoms with Gasteiger partial charge in [0.05, 0.1) is 12.0 Å². The quantitative estimate of drug-likeness (QED) is 0.750. The van der Waals surface area contributed by atoms with Crippen LogP contribution in [0.5, 0.6) is 0 Å². The van der Waals surface area contributed by atoms with Crippen molar-refractivity contribution in [1.82, 2.24) is 19.8 Å². The first-order chi connectivity index (χ1) is 10.3. The van der Waals surface area contributed by atoms with Crippen molar-refractivity contribution in [3.63, 3.8) is 0 Å². The maximum atomic E-state index is 11.8. The van der Waals surface area contributed by atoms with Crippen LogP contribution in [0.3, 0.4) is 0 Å². The molecule has 1 aromatic heterocycles. The van der Waals surface area contributed by atoms with Crippen molar-refractivity contribution in [3.05, 3.63) is 18.2 Å². The molecule has 22 heavy (non-hydrogen) atoms. The van der Waals surface area contributed by atoms with E-state index in [-0.39, 0.29) is 6.09 Å². The number of rotatable bonds is 8. The molecule has 1 aromatic rings. The zero-order chi connectivity index (χ0) is 16.6. The molecule has 126 valence electrons. The van der Waals surface area contributed by atoms with Gasteiger partial charge in [0.2, 0.25) is 0 Å². The van der Waals surface area contributed by atoms with Crippen LogP contribution in [0.4, 0.5) is 4.79 Å². The van der Waals surface area contributed by atoms with Gasteiger partial charge in [-0.2, -0.15) is 0 Å². The number of ether oxygens (including phenoxy) is 1. The highest BCUT2D eigenvalue weighted by molar-refractivity contribution is 5.67. The third kappa shape index (κ3) is 6.93. The van der Waals surface area contributed by atoms with Crippen molar-refractivity contribution in [1.29, 1.82) is 0 Å². The van der Waals surface area contributed by atoms with Gasteiger partial charge in [-0.3, -0.25) is 0 Å². The Bertz CT molecular complexity index is 451. The second-order valence-corrected chi connectivity index (χ2v) is 6.51. The number of hydrogen-bond acceptors (Lipinski definition) is 4. The summed E-state index contributed by atoms with van der Waals surface area (Å²) in [4.78, 5) is 17.6. The lowest BCUT2D eigenvalue weighted by atomic mass is 10.2. The minimum Gasteiger partial charge on any atom is -0.444 e. The lowest BCUT2D eigenvalue weighted by molar-refractivity contribution is 0.0297. The topological polar surface area (TPSA) is 59.4 Å². The highest BCUT2D eigenvalue weighted by Crippen LogP contribution is 2.09. The number of carbonyl (C=O) groups is 1. The Hall–Kier alpha value is -1.56. The van der Waals surface area contributed by atoms with E-state index >= 15 is 0 Å². The lowest BCUT2D eigenvalue weighted by Crippen LogP contribution is -2.35. The van der Waals surface area contributed by atoms with Crippen LogP contribution in [-0.2, 0) is 17.8 Å². The van der Waals surface area contributed by atoms with Crippen molar-refractivity contribution in [3.8, 4) is 0 Å². The van der Waals surface area contributed by atoms with E-state index in [1.807, 2.05) is 33.3 Å². The second-order valence-electron chi connectivity index (χ2n) is 6.51. The Kier molecular flexibility index (Phi) is 7.38. The molecule has 0 saturated heterocycles. The number of aryl methyl sites for hydroxylation is 1. The van der Waals surface area contributed by atoms with Gasteiger partial charge in [0.1, 0.15) is 5.60 Å². The van der Waals surface area contributed by atoms with Gasteiger partial charge in [-0.15, -0.1) is 0 Å². The first kappa shape index (κ1) is 18.5. The summed E-state index contributed by atoms with van der Waals surface area (Å²) in [6.07, 6.45) is 5.49. The maximum Gasteiger partial charge on any atom is 0.410 e. The Morgan fingerprint density at radius 3 is 2.82 bits per heavy atom. The second kappa shape index (κ2) is 8.78. The summed E-state index contributed by atoms with van der Waals surface area (Å²) in [5.41, 5.74) is 0.753. The predicted molar refractivity (Wildman–Crippen MR) is 87.7 cm³/mol. The summed E-state index contributed by atoms with van der Waals surface area (Å²) in [6.45, 7) is 11.1. The van der Waals surface area contributed by atoms with Crippen molar-refractivity contribution in [2.24, 2.45) is 0 Å². The molecule has 1 rings (SSSR count). The van der Waals surface area contributed by atoms with Gasteiger partial charge >= 0.3 is 6.09 Å². The molecule has 0 unspecified atom stereocenters. The fourth-order valence-electron chi connectivity index (χ4n) is 2.03. The highest BCUT2D eigenvalue weighted by atomic mass is 16.6. The summed E-state index contributed by atoms with van der Waals surface area (Å²) >= 11 is 0. The van der Waals surface area contributed by atoms with E-state index in [9.17, 15) is 4.79 Å². The van der Waals surface area contributed by atoms with E-state index in [1.54, 1.807) is 11.9 Å². The molecule has 1 amide bonds. The van der Waals surface area contributed by atoms with Crippen LogP contribution in [0.1, 0.15) is 46.2 Å². The van der Waals surface area contributed by atoms with Crippen LogP contribution < -0.4 is 5.32 Å². The minimum atomic E-state index is -0.443. The maximum absolute atomic E-state index is 11.8. The highest BCUT2D eigenvalue weighted by Gasteiger charge is 2.18. The first-order valence-corrected chi connectivity index (χ1v) is 7.97. The molecule has 0 aromatic carbocycles. The summed E-state index contributed by atoms with van der Waals surface area (Å²) in [7, 11) is 1.77. The molecule has 0 aliphatic rings. The normalized spacial score (nSPS) is 11.5. The number of amides is 1.